The Morgan fingerprint density at radius 1 is 1.10 bits per heavy atom. The molecular weight excluding hydrogens is 392 g/mol. The fourth-order valence-electron chi connectivity index (χ4n) is 5.29. The standard InChI is InChI=1S/C24H34N4O3/c1-3-13-26-16-11-24(12-17-26)22(30)28(23(31)25-24)20-9-14-27(15-10-20)21(29)18(2)19-7-5-4-6-8-19/h4-8,18,20H,3,9-17H2,1-2H3,(H,25,31). The summed E-state index contributed by atoms with van der Waals surface area (Å²) in [5, 5.41) is 3.03. The van der Waals surface area contributed by atoms with Crippen LogP contribution in [0.2, 0.25) is 0 Å². The number of amides is 4. The Hall–Kier alpha value is -2.41. The summed E-state index contributed by atoms with van der Waals surface area (Å²) >= 11 is 0. The molecule has 7 nitrogen and oxygen atoms in total. The quantitative estimate of drug-likeness (QED) is 0.735. The van der Waals surface area contributed by atoms with Crippen LogP contribution in [0.25, 0.3) is 0 Å². The van der Waals surface area contributed by atoms with Crippen molar-refractivity contribution in [2.24, 2.45) is 0 Å². The van der Waals surface area contributed by atoms with Crippen molar-refractivity contribution in [2.45, 2.75) is 63.5 Å². The lowest BCUT2D eigenvalue weighted by atomic mass is 9.87. The molecule has 31 heavy (non-hydrogen) atoms. The van der Waals surface area contributed by atoms with Crippen LogP contribution in [0, 0.1) is 0 Å². The van der Waals surface area contributed by atoms with Crippen LogP contribution >= 0.6 is 0 Å². The average Bonchev–Trinajstić information content (AvgIpc) is 3.04. The second kappa shape index (κ2) is 8.99. The first-order chi connectivity index (χ1) is 14.9. The Labute approximate surface area is 184 Å². The third-order valence-corrected chi connectivity index (χ3v) is 7.25. The molecule has 168 valence electrons. The number of nitrogens with zero attached hydrogens (tertiary/aromatic N) is 3. The largest absolute Gasteiger partial charge is 0.342 e. The first-order valence-corrected chi connectivity index (χ1v) is 11.7. The lowest BCUT2D eigenvalue weighted by molar-refractivity contribution is -0.137. The molecule has 1 spiro atoms. The number of piperidine rings is 2. The summed E-state index contributed by atoms with van der Waals surface area (Å²) in [6.45, 7) is 7.98. The zero-order valence-corrected chi connectivity index (χ0v) is 18.7. The van der Waals surface area contributed by atoms with Crippen molar-refractivity contribution >= 4 is 17.8 Å². The van der Waals surface area contributed by atoms with Crippen LogP contribution in [0.5, 0.6) is 0 Å². The summed E-state index contributed by atoms with van der Waals surface area (Å²) in [4.78, 5) is 44.7. The Morgan fingerprint density at radius 3 is 2.35 bits per heavy atom. The van der Waals surface area contributed by atoms with Crippen molar-refractivity contribution < 1.29 is 14.4 Å². The molecule has 1 aromatic rings. The van der Waals surface area contributed by atoms with Crippen molar-refractivity contribution in [3.05, 3.63) is 35.9 Å². The molecule has 1 N–H and O–H groups in total. The zero-order valence-electron chi connectivity index (χ0n) is 18.7. The van der Waals surface area contributed by atoms with E-state index in [9.17, 15) is 14.4 Å². The fourth-order valence-corrected chi connectivity index (χ4v) is 5.29. The molecular formula is C24H34N4O3. The summed E-state index contributed by atoms with van der Waals surface area (Å²) in [5.74, 6) is -0.135. The summed E-state index contributed by atoms with van der Waals surface area (Å²) in [7, 11) is 0. The maximum atomic E-state index is 13.3. The number of carbonyl (C=O) groups excluding carboxylic acids is 3. The number of carbonyl (C=O) groups is 3. The molecule has 3 heterocycles. The molecule has 0 aromatic heterocycles. The SMILES string of the molecule is CCCN1CCC2(CC1)NC(=O)N(C1CCN(C(=O)C(C)c3ccccc3)CC1)C2=O. The van der Waals surface area contributed by atoms with E-state index >= 15 is 0 Å². The lowest BCUT2D eigenvalue weighted by Crippen LogP contribution is -2.55. The van der Waals surface area contributed by atoms with Crippen molar-refractivity contribution in [3.8, 4) is 0 Å². The van der Waals surface area contributed by atoms with E-state index < -0.39 is 5.54 Å². The van der Waals surface area contributed by atoms with Crippen molar-refractivity contribution in [1.82, 2.24) is 20.0 Å². The highest BCUT2D eigenvalue weighted by Gasteiger charge is 2.54. The summed E-state index contributed by atoms with van der Waals surface area (Å²) < 4.78 is 0. The van der Waals surface area contributed by atoms with E-state index in [1.54, 1.807) is 0 Å². The average molecular weight is 427 g/mol. The van der Waals surface area contributed by atoms with Gasteiger partial charge in [0, 0.05) is 32.2 Å². The number of urea groups is 1. The number of imide groups is 1. The summed E-state index contributed by atoms with van der Waals surface area (Å²) in [5.41, 5.74) is 0.288. The molecule has 3 aliphatic heterocycles. The third kappa shape index (κ3) is 4.20. The van der Waals surface area contributed by atoms with Gasteiger partial charge in [0.2, 0.25) is 5.91 Å². The molecule has 0 saturated carbocycles. The van der Waals surface area contributed by atoms with Crippen LogP contribution in [-0.2, 0) is 9.59 Å². The van der Waals surface area contributed by atoms with Crippen LogP contribution in [-0.4, -0.2) is 76.8 Å². The molecule has 4 rings (SSSR count). The van der Waals surface area contributed by atoms with Gasteiger partial charge in [-0.05, 0) is 51.1 Å². The highest BCUT2D eigenvalue weighted by molar-refractivity contribution is 6.07. The van der Waals surface area contributed by atoms with E-state index in [1.807, 2.05) is 42.2 Å². The maximum Gasteiger partial charge on any atom is 0.325 e. The van der Waals surface area contributed by atoms with E-state index in [1.165, 1.54) is 4.90 Å². The van der Waals surface area contributed by atoms with Crippen molar-refractivity contribution in [1.29, 1.82) is 0 Å². The van der Waals surface area contributed by atoms with Crippen LogP contribution < -0.4 is 5.32 Å². The molecule has 4 amide bonds. The first-order valence-electron chi connectivity index (χ1n) is 11.7. The minimum absolute atomic E-state index is 0.0592. The van der Waals surface area contributed by atoms with Gasteiger partial charge in [0.1, 0.15) is 5.54 Å². The van der Waals surface area contributed by atoms with Gasteiger partial charge in [-0.1, -0.05) is 37.3 Å². The first kappa shape index (κ1) is 21.8. The van der Waals surface area contributed by atoms with Gasteiger partial charge in [-0.25, -0.2) is 4.79 Å². The topological polar surface area (TPSA) is 73.0 Å². The van der Waals surface area contributed by atoms with E-state index in [2.05, 4.69) is 17.1 Å². The fraction of sp³-hybridized carbons (Fsp3) is 0.625. The normalized spacial score (nSPS) is 23.3. The van der Waals surface area contributed by atoms with Gasteiger partial charge in [-0.2, -0.15) is 0 Å². The second-order valence-corrected chi connectivity index (χ2v) is 9.22. The van der Waals surface area contributed by atoms with Gasteiger partial charge in [0.25, 0.3) is 5.91 Å². The number of benzene rings is 1. The number of hydrogen-bond donors (Lipinski definition) is 1. The molecule has 1 aromatic carbocycles. The van der Waals surface area contributed by atoms with E-state index in [0.29, 0.717) is 38.8 Å². The molecule has 0 aliphatic carbocycles. The predicted molar refractivity (Wildman–Crippen MR) is 119 cm³/mol. The lowest BCUT2D eigenvalue weighted by Gasteiger charge is -2.39. The van der Waals surface area contributed by atoms with Gasteiger partial charge in [0.15, 0.2) is 0 Å². The van der Waals surface area contributed by atoms with Gasteiger partial charge >= 0.3 is 6.03 Å². The van der Waals surface area contributed by atoms with Gasteiger partial charge < -0.3 is 15.1 Å². The third-order valence-electron chi connectivity index (χ3n) is 7.25. The zero-order chi connectivity index (χ0) is 22.0. The number of rotatable bonds is 5. The van der Waals surface area contributed by atoms with E-state index in [0.717, 1.165) is 31.6 Å². The van der Waals surface area contributed by atoms with Crippen LogP contribution in [0.4, 0.5) is 4.79 Å². The highest BCUT2D eigenvalue weighted by atomic mass is 16.2. The van der Waals surface area contributed by atoms with Crippen LogP contribution in [0.3, 0.4) is 0 Å². The Bertz CT molecular complexity index is 811. The molecule has 0 bridgehead atoms. The van der Waals surface area contributed by atoms with Crippen molar-refractivity contribution in [3.63, 3.8) is 0 Å². The molecule has 1 atom stereocenters. The Balaban J connectivity index is 1.35. The molecule has 3 aliphatic rings. The van der Waals surface area contributed by atoms with E-state index in [-0.39, 0.29) is 29.8 Å². The monoisotopic (exact) mass is 426 g/mol. The highest BCUT2D eigenvalue weighted by Crippen LogP contribution is 2.33. The smallest absolute Gasteiger partial charge is 0.325 e. The van der Waals surface area contributed by atoms with Gasteiger partial charge in [0.05, 0.1) is 5.92 Å². The molecule has 0 radical (unpaired) electrons. The number of nitrogens with one attached hydrogen (secondary N) is 1. The van der Waals surface area contributed by atoms with Crippen LogP contribution in [0.15, 0.2) is 30.3 Å². The minimum atomic E-state index is -0.726. The van der Waals surface area contributed by atoms with Gasteiger partial charge in [-0.3, -0.25) is 14.5 Å². The Morgan fingerprint density at radius 2 is 1.74 bits per heavy atom. The maximum absolute atomic E-state index is 13.3. The Kier molecular flexibility index (Phi) is 6.32. The second-order valence-electron chi connectivity index (χ2n) is 9.22. The van der Waals surface area contributed by atoms with Gasteiger partial charge in [-0.15, -0.1) is 0 Å². The van der Waals surface area contributed by atoms with Crippen LogP contribution in [0.1, 0.15) is 57.4 Å². The summed E-state index contributed by atoms with van der Waals surface area (Å²) in [6.07, 6.45) is 3.74. The van der Waals surface area contributed by atoms with Crippen molar-refractivity contribution in [2.75, 3.05) is 32.7 Å². The molecule has 7 heteroatoms. The molecule has 3 fully saturated rings. The summed E-state index contributed by atoms with van der Waals surface area (Å²) in [6, 6.07) is 9.43. The van der Waals surface area contributed by atoms with E-state index in [4.69, 9.17) is 0 Å². The number of hydrogen-bond acceptors (Lipinski definition) is 4. The molecule has 1 unspecified atom stereocenters. The molecule has 3 saturated heterocycles. The number of likely N-dealkylation sites (tertiary alicyclic amines) is 2. The minimum Gasteiger partial charge on any atom is -0.342 e. The predicted octanol–water partition coefficient (Wildman–Crippen LogP) is 2.58.